The number of methoxy groups -OCH3 is 1. The molecule has 1 saturated heterocycles. The van der Waals surface area contributed by atoms with Crippen LogP contribution < -0.4 is 10.1 Å². The number of aromatic amines is 1. The molecule has 1 fully saturated rings. The minimum Gasteiger partial charge on any atom is -0.495 e. The van der Waals surface area contributed by atoms with Crippen molar-refractivity contribution in [3.8, 4) is 5.75 Å². The van der Waals surface area contributed by atoms with E-state index in [-0.39, 0.29) is 40.7 Å². The summed E-state index contributed by atoms with van der Waals surface area (Å²) < 4.78 is 38.0. The van der Waals surface area contributed by atoms with Crippen molar-refractivity contribution in [2.75, 3.05) is 38.7 Å². The van der Waals surface area contributed by atoms with Crippen LogP contribution in [0.1, 0.15) is 10.4 Å². The van der Waals surface area contributed by atoms with Crippen LogP contribution in [0, 0.1) is 10.1 Å². The highest BCUT2D eigenvalue weighted by Gasteiger charge is 2.29. The SMILES string of the molecule is COc1ccc(NC(=O)c2c[nH]c3ccc([N+](=O)[O-])cc23)cc1S(=O)(=O)N1CCOCC1. The molecule has 0 aliphatic carbocycles. The number of aromatic nitrogens is 1. The number of non-ortho nitro benzene ring substituents is 1. The Morgan fingerprint density at radius 2 is 1.97 bits per heavy atom. The molecule has 0 radical (unpaired) electrons. The van der Waals surface area contributed by atoms with Crippen LogP contribution in [0.3, 0.4) is 0 Å². The number of sulfonamides is 1. The Morgan fingerprint density at radius 1 is 1.22 bits per heavy atom. The van der Waals surface area contributed by atoms with Crippen molar-refractivity contribution in [1.82, 2.24) is 9.29 Å². The fourth-order valence-corrected chi connectivity index (χ4v) is 5.08. The first-order valence-corrected chi connectivity index (χ1v) is 11.1. The van der Waals surface area contributed by atoms with Gasteiger partial charge in [-0.25, -0.2) is 8.42 Å². The van der Waals surface area contributed by atoms with E-state index in [2.05, 4.69) is 10.3 Å². The number of amides is 1. The van der Waals surface area contributed by atoms with Gasteiger partial charge in [-0.15, -0.1) is 0 Å². The van der Waals surface area contributed by atoms with Crippen LogP contribution in [0.2, 0.25) is 0 Å². The van der Waals surface area contributed by atoms with Gasteiger partial charge in [-0.3, -0.25) is 14.9 Å². The fraction of sp³-hybridized carbons (Fsp3) is 0.250. The zero-order chi connectivity index (χ0) is 22.9. The number of benzene rings is 2. The molecule has 1 aliphatic rings. The van der Waals surface area contributed by atoms with E-state index >= 15 is 0 Å². The first-order valence-electron chi connectivity index (χ1n) is 9.64. The van der Waals surface area contributed by atoms with Gasteiger partial charge in [0.15, 0.2) is 0 Å². The van der Waals surface area contributed by atoms with Crippen molar-refractivity contribution in [1.29, 1.82) is 0 Å². The van der Waals surface area contributed by atoms with E-state index in [1.165, 1.54) is 54.0 Å². The summed E-state index contributed by atoms with van der Waals surface area (Å²) in [6.45, 7) is 1.03. The lowest BCUT2D eigenvalue weighted by Crippen LogP contribution is -2.40. The summed E-state index contributed by atoms with van der Waals surface area (Å²) in [4.78, 5) is 26.2. The summed E-state index contributed by atoms with van der Waals surface area (Å²) in [6.07, 6.45) is 1.44. The van der Waals surface area contributed by atoms with Gasteiger partial charge in [0.2, 0.25) is 10.0 Å². The summed E-state index contributed by atoms with van der Waals surface area (Å²) in [7, 11) is -2.50. The number of carbonyl (C=O) groups is 1. The van der Waals surface area contributed by atoms with E-state index < -0.39 is 20.9 Å². The topological polar surface area (TPSA) is 144 Å². The number of nitrogens with zero attached hydrogens (tertiary/aromatic N) is 2. The van der Waals surface area contributed by atoms with Gasteiger partial charge in [-0.05, 0) is 24.3 Å². The lowest BCUT2D eigenvalue weighted by molar-refractivity contribution is -0.384. The number of nitro groups is 1. The second-order valence-corrected chi connectivity index (χ2v) is 8.93. The third-order valence-electron chi connectivity index (χ3n) is 5.13. The molecule has 168 valence electrons. The standard InChI is InChI=1S/C20H20N4O7S/c1-30-18-5-2-13(10-19(18)32(28,29)23-6-8-31-9-7-23)22-20(25)16-12-21-17-4-3-14(24(26)27)11-15(16)17/h2-5,10-12,21H,6-9H2,1H3,(H,22,25). The number of nitro benzene ring substituents is 1. The molecule has 0 atom stereocenters. The second kappa shape index (κ2) is 8.57. The van der Waals surface area contributed by atoms with Crippen molar-refractivity contribution < 1.29 is 27.6 Å². The highest BCUT2D eigenvalue weighted by molar-refractivity contribution is 7.89. The summed E-state index contributed by atoms with van der Waals surface area (Å²) in [5, 5.41) is 14.1. The molecule has 2 N–H and O–H groups in total. The van der Waals surface area contributed by atoms with E-state index in [4.69, 9.17) is 9.47 Å². The molecule has 0 unspecified atom stereocenters. The van der Waals surface area contributed by atoms with E-state index in [0.29, 0.717) is 24.1 Å². The van der Waals surface area contributed by atoms with E-state index in [1.807, 2.05) is 0 Å². The van der Waals surface area contributed by atoms with E-state index in [9.17, 15) is 23.3 Å². The van der Waals surface area contributed by atoms with Crippen LogP contribution in [0.5, 0.6) is 5.75 Å². The summed E-state index contributed by atoms with van der Waals surface area (Å²) in [5.41, 5.74) is 0.847. The number of fused-ring (bicyclic) bond motifs is 1. The number of rotatable bonds is 6. The molecule has 2 aromatic carbocycles. The number of ether oxygens (including phenoxy) is 2. The minimum atomic E-state index is -3.87. The predicted octanol–water partition coefficient (Wildman–Crippen LogP) is 2.36. The van der Waals surface area contributed by atoms with Crippen LogP contribution >= 0.6 is 0 Å². The number of morpholine rings is 1. The van der Waals surface area contributed by atoms with Crippen LogP contribution in [0.15, 0.2) is 47.5 Å². The Bertz CT molecular complexity index is 1300. The maximum absolute atomic E-state index is 13.1. The molecule has 12 heteroatoms. The van der Waals surface area contributed by atoms with Crippen molar-refractivity contribution in [2.45, 2.75) is 4.90 Å². The Balaban J connectivity index is 1.66. The van der Waals surface area contributed by atoms with Crippen LogP contribution in [-0.2, 0) is 14.8 Å². The van der Waals surface area contributed by atoms with Gasteiger partial charge in [0.1, 0.15) is 10.6 Å². The fourth-order valence-electron chi connectivity index (χ4n) is 3.49. The van der Waals surface area contributed by atoms with Crippen molar-refractivity contribution in [3.63, 3.8) is 0 Å². The van der Waals surface area contributed by atoms with Crippen molar-refractivity contribution >= 4 is 38.2 Å². The largest absolute Gasteiger partial charge is 0.495 e. The summed E-state index contributed by atoms with van der Waals surface area (Å²) in [6, 6.07) is 8.48. The third-order valence-corrected chi connectivity index (χ3v) is 7.05. The maximum atomic E-state index is 13.1. The number of hydrogen-bond donors (Lipinski definition) is 2. The van der Waals surface area contributed by atoms with Gasteiger partial charge in [0.05, 0.1) is 30.8 Å². The third kappa shape index (κ3) is 4.02. The number of carbonyl (C=O) groups excluding carboxylic acids is 1. The predicted molar refractivity (Wildman–Crippen MR) is 115 cm³/mol. The molecule has 11 nitrogen and oxygen atoms in total. The molecule has 1 aromatic heterocycles. The molecule has 4 rings (SSSR count). The quantitative estimate of drug-likeness (QED) is 0.424. The van der Waals surface area contributed by atoms with Crippen molar-refractivity contribution in [2.24, 2.45) is 0 Å². The van der Waals surface area contributed by atoms with Gasteiger partial charge in [0, 0.05) is 48.0 Å². The Morgan fingerprint density at radius 3 is 2.66 bits per heavy atom. The molecule has 32 heavy (non-hydrogen) atoms. The zero-order valence-electron chi connectivity index (χ0n) is 17.0. The first-order chi connectivity index (χ1) is 15.3. The Labute approximate surface area is 183 Å². The number of hydrogen-bond acceptors (Lipinski definition) is 7. The normalized spacial score (nSPS) is 14.9. The van der Waals surface area contributed by atoms with Gasteiger partial charge in [-0.1, -0.05) is 0 Å². The molecule has 0 saturated carbocycles. The number of anilines is 1. The van der Waals surface area contributed by atoms with E-state index in [1.54, 1.807) is 0 Å². The Hall–Kier alpha value is -3.48. The molecular formula is C20H20N4O7S. The monoisotopic (exact) mass is 460 g/mol. The van der Waals surface area contributed by atoms with Gasteiger partial charge in [-0.2, -0.15) is 4.31 Å². The summed E-state index contributed by atoms with van der Waals surface area (Å²) in [5.74, 6) is -0.395. The van der Waals surface area contributed by atoms with Gasteiger partial charge >= 0.3 is 0 Å². The molecule has 3 aromatic rings. The summed E-state index contributed by atoms with van der Waals surface area (Å²) >= 11 is 0. The molecule has 0 bridgehead atoms. The molecule has 0 spiro atoms. The molecule has 1 amide bonds. The molecule has 2 heterocycles. The minimum absolute atomic E-state index is 0.0748. The van der Waals surface area contributed by atoms with Crippen molar-refractivity contribution in [3.05, 3.63) is 58.3 Å². The molecule has 1 aliphatic heterocycles. The lowest BCUT2D eigenvalue weighted by Gasteiger charge is -2.26. The zero-order valence-corrected chi connectivity index (χ0v) is 17.8. The Kier molecular flexibility index (Phi) is 5.82. The number of H-pyrrole nitrogens is 1. The molecular weight excluding hydrogens is 440 g/mol. The average Bonchev–Trinajstić information content (AvgIpc) is 3.23. The highest BCUT2D eigenvalue weighted by atomic mass is 32.2. The van der Waals surface area contributed by atoms with Crippen LogP contribution in [0.25, 0.3) is 10.9 Å². The van der Waals surface area contributed by atoms with Crippen LogP contribution in [0.4, 0.5) is 11.4 Å². The smallest absolute Gasteiger partial charge is 0.270 e. The first kappa shape index (κ1) is 21.7. The van der Waals surface area contributed by atoms with Crippen LogP contribution in [-0.4, -0.2) is 62.0 Å². The van der Waals surface area contributed by atoms with E-state index in [0.717, 1.165) is 0 Å². The maximum Gasteiger partial charge on any atom is 0.270 e. The van der Waals surface area contributed by atoms with Gasteiger partial charge < -0.3 is 19.8 Å². The lowest BCUT2D eigenvalue weighted by atomic mass is 10.1. The highest BCUT2D eigenvalue weighted by Crippen LogP contribution is 2.31. The second-order valence-electron chi connectivity index (χ2n) is 7.03. The average molecular weight is 460 g/mol. The van der Waals surface area contributed by atoms with Gasteiger partial charge in [0.25, 0.3) is 11.6 Å². The number of nitrogens with one attached hydrogen (secondary N) is 2.